The van der Waals surface area contributed by atoms with Crippen molar-refractivity contribution < 1.29 is 0 Å². The molecule has 1 aromatic heterocycles. The van der Waals surface area contributed by atoms with Gasteiger partial charge in [-0.25, -0.2) is 4.98 Å². The van der Waals surface area contributed by atoms with Gasteiger partial charge in [0.1, 0.15) is 0 Å². The molecule has 0 spiro atoms. The highest BCUT2D eigenvalue weighted by molar-refractivity contribution is 7.09. The Balaban J connectivity index is 1.69. The van der Waals surface area contributed by atoms with Gasteiger partial charge in [0, 0.05) is 17.5 Å². The summed E-state index contributed by atoms with van der Waals surface area (Å²) in [5.74, 6) is 0.909. The van der Waals surface area contributed by atoms with Crippen LogP contribution in [0.3, 0.4) is 0 Å². The molecule has 3 heteroatoms. The first-order chi connectivity index (χ1) is 8.27. The average molecular weight is 252 g/mol. The van der Waals surface area contributed by atoms with Gasteiger partial charge in [-0.2, -0.15) is 0 Å². The number of hydrogen-bond donors (Lipinski definition) is 1. The van der Waals surface area contributed by atoms with E-state index in [1.54, 1.807) is 11.3 Å². The molecular formula is C14H24N2S. The SMILES string of the molecule is Cc1ncsc1CCN[C@@H](C)C1CCCCC1. The van der Waals surface area contributed by atoms with Crippen LogP contribution in [-0.4, -0.2) is 17.6 Å². The molecule has 1 fully saturated rings. The lowest BCUT2D eigenvalue weighted by atomic mass is 9.84. The highest BCUT2D eigenvalue weighted by Crippen LogP contribution is 2.26. The zero-order valence-electron chi connectivity index (χ0n) is 11.0. The van der Waals surface area contributed by atoms with Crippen molar-refractivity contribution in [2.75, 3.05) is 6.54 Å². The number of aromatic nitrogens is 1. The second kappa shape index (κ2) is 6.50. The van der Waals surface area contributed by atoms with Gasteiger partial charge < -0.3 is 5.32 Å². The molecule has 17 heavy (non-hydrogen) atoms. The van der Waals surface area contributed by atoms with Crippen LogP contribution < -0.4 is 5.32 Å². The second-order valence-corrected chi connectivity index (χ2v) is 6.19. The molecule has 0 saturated heterocycles. The number of thiazole rings is 1. The van der Waals surface area contributed by atoms with E-state index in [-0.39, 0.29) is 0 Å². The summed E-state index contributed by atoms with van der Waals surface area (Å²) < 4.78 is 0. The van der Waals surface area contributed by atoms with Crippen molar-refractivity contribution in [1.82, 2.24) is 10.3 Å². The van der Waals surface area contributed by atoms with E-state index in [9.17, 15) is 0 Å². The number of nitrogens with zero attached hydrogens (tertiary/aromatic N) is 1. The molecule has 1 heterocycles. The zero-order valence-corrected chi connectivity index (χ0v) is 11.9. The first kappa shape index (κ1) is 13.0. The monoisotopic (exact) mass is 252 g/mol. The summed E-state index contributed by atoms with van der Waals surface area (Å²) >= 11 is 1.79. The molecule has 0 aromatic carbocycles. The van der Waals surface area contributed by atoms with Crippen molar-refractivity contribution in [3.8, 4) is 0 Å². The minimum absolute atomic E-state index is 0.684. The van der Waals surface area contributed by atoms with Gasteiger partial charge in [0.2, 0.25) is 0 Å². The van der Waals surface area contributed by atoms with E-state index in [0.29, 0.717) is 6.04 Å². The van der Waals surface area contributed by atoms with Crippen molar-refractivity contribution in [2.24, 2.45) is 5.92 Å². The van der Waals surface area contributed by atoms with Crippen LogP contribution in [0.4, 0.5) is 0 Å². The molecule has 1 atom stereocenters. The Morgan fingerprint density at radius 1 is 1.41 bits per heavy atom. The number of rotatable bonds is 5. The largest absolute Gasteiger partial charge is 0.314 e. The fraction of sp³-hybridized carbons (Fsp3) is 0.786. The summed E-state index contributed by atoms with van der Waals surface area (Å²) in [6.07, 6.45) is 8.30. The first-order valence-electron chi connectivity index (χ1n) is 6.89. The maximum Gasteiger partial charge on any atom is 0.0797 e. The van der Waals surface area contributed by atoms with Crippen molar-refractivity contribution in [2.45, 2.75) is 58.4 Å². The van der Waals surface area contributed by atoms with Gasteiger partial charge in [0.05, 0.1) is 11.2 Å². The van der Waals surface area contributed by atoms with Crippen LogP contribution >= 0.6 is 11.3 Å². The maximum atomic E-state index is 4.29. The van der Waals surface area contributed by atoms with Crippen LogP contribution in [0.5, 0.6) is 0 Å². The molecule has 2 nitrogen and oxygen atoms in total. The van der Waals surface area contributed by atoms with Crippen LogP contribution in [0.15, 0.2) is 5.51 Å². The molecule has 2 rings (SSSR count). The van der Waals surface area contributed by atoms with Crippen LogP contribution in [-0.2, 0) is 6.42 Å². The Morgan fingerprint density at radius 3 is 2.82 bits per heavy atom. The Morgan fingerprint density at radius 2 is 2.18 bits per heavy atom. The van der Waals surface area contributed by atoms with E-state index in [4.69, 9.17) is 0 Å². The maximum absolute atomic E-state index is 4.29. The van der Waals surface area contributed by atoms with E-state index in [1.807, 2.05) is 5.51 Å². The number of hydrogen-bond acceptors (Lipinski definition) is 3. The van der Waals surface area contributed by atoms with E-state index >= 15 is 0 Å². The lowest BCUT2D eigenvalue weighted by molar-refractivity contribution is 0.283. The molecule has 0 unspecified atom stereocenters. The van der Waals surface area contributed by atoms with Crippen molar-refractivity contribution in [1.29, 1.82) is 0 Å². The zero-order chi connectivity index (χ0) is 12.1. The van der Waals surface area contributed by atoms with Gasteiger partial charge in [0.15, 0.2) is 0 Å². The van der Waals surface area contributed by atoms with Crippen molar-refractivity contribution >= 4 is 11.3 Å². The highest BCUT2D eigenvalue weighted by atomic mass is 32.1. The minimum Gasteiger partial charge on any atom is -0.314 e. The number of aryl methyl sites for hydroxylation is 1. The Bertz CT molecular complexity index is 329. The lowest BCUT2D eigenvalue weighted by Crippen LogP contribution is -2.35. The van der Waals surface area contributed by atoms with Crippen molar-refractivity contribution in [3.63, 3.8) is 0 Å². The third kappa shape index (κ3) is 3.78. The fourth-order valence-electron chi connectivity index (χ4n) is 2.78. The fourth-order valence-corrected chi connectivity index (χ4v) is 3.56. The van der Waals surface area contributed by atoms with Crippen molar-refractivity contribution in [3.05, 3.63) is 16.1 Å². The highest BCUT2D eigenvalue weighted by Gasteiger charge is 2.19. The molecule has 1 aliphatic carbocycles. The smallest absolute Gasteiger partial charge is 0.0797 e. The van der Waals surface area contributed by atoms with Crippen LogP contribution in [0.1, 0.15) is 49.6 Å². The second-order valence-electron chi connectivity index (χ2n) is 5.25. The van der Waals surface area contributed by atoms with Gasteiger partial charge >= 0.3 is 0 Å². The van der Waals surface area contributed by atoms with Gasteiger partial charge in [-0.05, 0) is 39.0 Å². The standard InChI is InChI=1S/C14H24N2S/c1-11(13-6-4-3-5-7-13)15-9-8-14-12(2)16-10-17-14/h10-11,13,15H,3-9H2,1-2H3/t11-/m0/s1. The van der Waals surface area contributed by atoms with Crippen LogP contribution in [0, 0.1) is 12.8 Å². The van der Waals surface area contributed by atoms with Gasteiger partial charge in [-0.1, -0.05) is 19.3 Å². The molecular weight excluding hydrogens is 228 g/mol. The van der Waals surface area contributed by atoms with E-state index < -0.39 is 0 Å². The molecule has 1 N–H and O–H groups in total. The molecule has 0 aliphatic heterocycles. The predicted molar refractivity (Wildman–Crippen MR) is 74.6 cm³/mol. The van der Waals surface area contributed by atoms with Gasteiger partial charge in [-0.3, -0.25) is 0 Å². The normalized spacial score (nSPS) is 19.4. The lowest BCUT2D eigenvalue weighted by Gasteiger charge is -2.28. The molecule has 0 amide bonds. The summed E-state index contributed by atoms with van der Waals surface area (Å²) in [4.78, 5) is 5.73. The predicted octanol–water partition coefficient (Wildman–Crippen LogP) is 3.55. The summed E-state index contributed by atoms with van der Waals surface area (Å²) in [6.45, 7) is 5.56. The van der Waals surface area contributed by atoms with Crippen LogP contribution in [0.2, 0.25) is 0 Å². The Hall–Kier alpha value is -0.410. The Kier molecular flexibility index (Phi) is 4.99. The summed E-state index contributed by atoms with van der Waals surface area (Å²) in [7, 11) is 0. The molecule has 1 aliphatic rings. The van der Waals surface area contributed by atoms with E-state index in [2.05, 4.69) is 24.1 Å². The first-order valence-corrected chi connectivity index (χ1v) is 7.77. The molecule has 1 saturated carbocycles. The number of nitrogens with one attached hydrogen (secondary N) is 1. The molecule has 1 aromatic rings. The third-order valence-corrected chi connectivity index (χ3v) is 5.02. The van der Waals surface area contributed by atoms with Gasteiger partial charge in [0.25, 0.3) is 0 Å². The quantitative estimate of drug-likeness (QED) is 0.867. The van der Waals surface area contributed by atoms with E-state index in [1.165, 1.54) is 42.7 Å². The van der Waals surface area contributed by atoms with Crippen LogP contribution in [0.25, 0.3) is 0 Å². The topological polar surface area (TPSA) is 24.9 Å². The molecule has 0 bridgehead atoms. The molecule has 0 radical (unpaired) electrons. The summed E-state index contributed by atoms with van der Waals surface area (Å²) in [6, 6.07) is 0.684. The third-order valence-electron chi connectivity index (χ3n) is 4.02. The summed E-state index contributed by atoms with van der Waals surface area (Å²) in [5.41, 5.74) is 3.16. The Labute approximate surface area is 109 Å². The molecule has 96 valence electrons. The average Bonchev–Trinajstić information content (AvgIpc) is 2.76. The minimum atomic E-state index is 0.684. The summed E-state index contributed by atoms with van der Waals surface area (Å²) in [5, 5.41) is 3.70. The van der Waals surface area contributed by atoms with Gasteiger partial charge in [-0.15, -0.1) is 11.3 Å². The van der Waals surface area contributed by atoms with E-state index in [0.717, 1.165) is 18.9 Å².